The molecule has 2 aromatic rings. The number of para-hydroxylation sites is 1. The number of fused-ring (bicyclic) bond motifs is 3. The van der Waals surface area contributed by atoms with Gasteiger partial charge in [-0.15, -0.1) is 0 Å². The summed E-state index contributed by atoms with van der Waals surface area (Å²) in [5, 5.41) is 20.7. The van der Waals surface area contributed by atoms with Gasteiger partial charge in [0.1, 0.15) is 17.3 Å². The van der Waals surface area contributed by atoms with Gasteiger partial charge in [-0.1, -0.05) is 24.3 Å². The monoisotopic (exact) mass is 421 g/mol. The third kappa shape index (κ3) is 3.25. The lowest BCUT2D eigenvalue weighted by molar-refractivity contribution is -0.155. The Hall–Kier alpha value is -3.03. The molecule has 1 aliphatic heterocycles. The Morgan fingerprint density at radius 3 is 2.32 bits per heavy atom. The number of ether oxygens (including phenoxy) is 1. The average Bonchev–Trinajstić information content (AvgIpc) is 3.03. The Bertz CT molecular complexity index is 1040. The van der Waals surface area contributed by atoms with E-state index >= 15 is 0 Å². The topological polar surface area (TPSA) is 104 Å². The summed E-state index contributed by atoms with van der Waals surface area (Å²) in [5.74, 6) is -2.41. The number of hydrogen-bond acceptors (Lipinski definition) is 6. The summed E-state index contributed by atoms with van der Waals surface area (Å²) in [6.07, 6.45) is -1.64. The maximum absolute atomic E-state index is 13.4. The van der Waals surface area contributed by atoms with E-state index in [4.69, 9.17) is 4.74 Å². The van der Waals surface area contributed by atoms with Crippen molar-refractivity contribution in [1.29, 1.82) is 0 Å². The summed E-state index contributed by atoms with van der Waals surface area (Å²) in [7, 11) is 0. The lowest BCUT2D eigenvalue weighted by Gasteiger charge is -2.44. The molecule has 7 heteroatoms. The second-order valence-electron chi connectivity index (χ2n) is 8.55. The molecule has 0 bridgehead atoms. The number of ketones is 1. The molecular weight excluding hydrogens is 398 g/mol. The minimum absolute atomic E-state index is 0.107. The molecule has 3 fully saturated rings. The van der Waals surface area contributed by atoms with Crippen molar-refractivity contribution in [3.8, 4) is 11.5 Å². The highest BCUT2D eigenvalue weighted by molar-refractivity contribution is 6.22. The summed E-state index contributed by atoms with van der Waals surface area (Å²) in [6.45, 7) is 0. The fourth-order valence-electron chi connectivity index (χ4n) is 5.41. The number of anilines is 1. The van der Waals surface area contributed by atoms with Crippen LogP contribution in [0, 0.1) is 23.7 Å². The number of hydrogen-bond donors (Lipinski definition) is 2. The quantitative estimate of drug-likeness (QED) is 0.737. The normalized spacial score (nSPS) is 32.6. The van der Waals surface area contributed by atoms with Crippen molar-refractivity contribution in [3.63, 3.8) is 0 Å². The van der Waals surface area contributed by atoms with Crippen LogP contribution in [0.4, 0.5) is 5.69 Å². The van der Waals surface area contributed by atoms with Crippen molar-refractivity contribution >= 4 is 23.3 Å². The van der Waals surface area contributed by atoms with Crippen LogP contribution in [0.2, 0.25) is 0 Å². The van der Waals surface area contributed by atoms with Crippen LogP contribution in [-0.2, 0) is 14.4 Å². The number of carbonyl (C=O) groups excluding carboxylic acids is 3. The Labute approximate surface area is 179 Å². The molecule has 2 N–H and O–H groups in total. The van der Waals surface area contributed by atoms with Crippen LogP contribution < -0.4 is 9.64 Å². The van der Waals surface area contributed by atoms with Gasteiger partial charge in [0.15, 0.2) is 0 Å². The zero-order valence-corrected chi connectivity index (χ0v) is 16.8. The van der Waals surface area contributed by atoms with Crippen LogP contribution in [0.5, 0.6) is 11.5 Å². The molecule has 2 saturated carbocycles. The molecular formula is C24H23NO6. The summed E-state index contributed by atoms with van der Waals surface area (Å²) < 4.78 is 5.83. The molecule has 0 radical (unpaired) electrons. The zero-order valence-electron chi connectivity index (χ0n) is 16.8. The predicted octanol–water partition coefficient (Wildman–Crippen LogP) is 2.31. The Morgan fingerprint density at radius 2 is 1.55 bits per heavy atom. The van der Waals surface area contributed by atoms with Crippen molar-refractivity contribution in [1.82, 2.24) is 0 Å². The first-order valence-electron chi connectivity index (χ1n) is 10.6. The van der Waals surface area contributed by atoms with Gasteiger partial charge >= 0.3 is 0 Å². The molecule has 1 saturated heterocycles. The van der Waals surface area contributed by atoms with Crippen LogP contribution in [0.1, 0.15) is 19.3 Å². The van der Waals surface area contributed by atoms with E-state index in [2.05, 4.69) is 0 Å². The minimum atomic E-state index is -1.20. The summed E-state index contributed by atoms with van der Waals surface area (Å²) >= 11 is 0. The molecule has 160 valence electrons. The lowest BCUT2D eigenvalue weighted by Crippen LogP contribution is -2.54. The van der Waals surface area contributed by atoms with E-state index in [9.17, 15) is 24.6 Å². The fourth-order valence-corrected chi connectivity index (χ4v) is 5.41. The van der Waals surface area contributed by atoms with Crippen LogP contribution in [-0.4, -0.2) is 40.0 Å². The number of benzene rings is 2. The number of nitrogens with zero attached hydrogens (tertiary/aromatic N) is 1. The van der Waals surface area contributed by atoms with Crippen molar-refractivity contribution in [3.05, 3.63) is 54.6 Å². The van der Waals surface area contributed by atoms with Gasteiger partial charge < -0.3 is 14.9 Å². The smallest absolute Gasteiger partial charge is 0.238 e. The van der Waals surface area contributed by atoms with E-state index in [1.54, 1.807) is 36.4 Å². The minimum Gasteiger partial charge on any atom is -0.457 e. The molecule has 2 amide bonds. The Kier molecular flexibility index (Phi) is 4.87. The van der Waals surface area contributed by atoms with Crippen molar-refractivity contribution in [2.45, 2.75) is 31.5 Å². The van der Waals surface area contributed by atoms with E-state index in [1.807, 2.05) is 18.2 Å². The van der Waals surface area contributed by atoms with Gasteiger partial charge in [0.2, 0.25) is 11.8 Å². The van der Waals surface area contributed by atoms with Crippen LogP contribution in [0.15, 0.2) is 54.6 Å². The summed E-state index contributed by atoms with van der Waals surface area (Å²) in [4.78, 5) is 40.2. The van der Waals surface area contributed by atoms with Gasteiger partial charge in [-0.2, -0.15) is 0 Å². The summed E-state index contributed by atoms with van der Waals surface area (Å²) in [5.41, 5.74) is 0.395. The van der Waals surface area contributed by atoms with Gasteiger partial charge in [0, 0.05) is 24.3 Å². The van der Waals surface area contributed by atoms with Gasteiger partial charge in [-0.25, -0.2) is 4.90 Å². The van der Waals surface area contributed by atoms with Crippen LogP contribution in [0.3, 0.4) is 0 Å². The molecule has 0 aromatic heterocycles. The maximum atomic E-state index is 13.4. The molecule has 2 aromatic carbocycles. The van der Waals surface area contributed by atoms with Gasteiger partial charge in [-0.05, 0) is 37.1 Å². The van der Waals surface area contributed by atoms with Crippen LogP contribution >= 0.6 is 0 Å². The van der Waals surface area contributed by atoms with E-state index in [0.717, 1.165) is 4.90 Å². The fraction of sp³-hybridized carbons (Fsp3) is 0.375. The van der Waals surface area contributed by atoms with Gasteiger partial charge in [0.25, 0.3) is 0 Å². The standard InChI is InChI=1S/C24H23NO6/c26-18-12-19(27)22(28)20-16(18)9-10-17-21(20)24(30)25(23(17)29)13-5-4-8-15(11-13)31-14-6-2-1-3-7-14/h1-8,11,16-17,19-22,27-28H,9-10,12H2/t16-,17-,19-,20-,21-,22-/m1/s1. The molecule has 31 heavy (non-hydrogen) atoms. The van der Waals surface area contributed by atoms with Crippen molar-refractivity contribution in [2.24, 2.45) is 23.7 Å². The molecule has 6 atom stereocenters. The third-order valence-corrected chi connectivity index (χ3v) is 6.81. The maximum Gasteiger partial charge on any atom is 0.238 e. The number of aliphatic hydroxyl groups excluding tert-OH is 2. The van der Waals surface area contributed by atoms with Gasteiger partial charge in [0.05, 0.1) is 29.7 Å². The first-order chi connectivity index (χ1) is 15.0. The molecule has 5 rings (SSSR count). The second kappa shape index (κ2) is 7.59. The van der Waals surface area contributed by atoms with Crippen molar-refractivity contribution in [2.75, 3.05) is 4.90 Å². The van der Waals surface area contributed by atoms with Crippen molar-refractivity contribution < 1.29 is 29.3 Å². The number of Topliss-reactive ketones (excluding diaryl/α,β-unsaturated/α-hetero) is 1. The number of aliphatic hydroxyl groups is 2. The lowest BCUT2D eigenvalue weighted by atomic mass is 9.60. The zero-order chi connectivity index (χ0) is 21.7. The highest BCUT2D eigenvalue weighted by Gasteiger charge is 2.60. The van der Waals surface area contributed by atoms with E-state index in [1.165, 1.54) is 0 Å². The highest BCUT2D eigenvalue weighted by atomic mass is 16.5. The number of rotatable bonds is 3. The number of imide groups is 1. The molecule has 1 heterocycles. The Morgan fingerprint density at radius 1 is 0.839 bits per heavy atom. The van der Waals surface area contributed by atoms with Crippen LogP contribution in [0.25, 0.3) is 0 Å². The third-order valence-electron chi connectivity index (χ3n) is 6.81. The van der Waals surface area contributed by atoms with Gasteiger partial charge in [-0.3, -0.25) is 14.4 Å². The van der Waals surface area contributed by atoms with E-state index in [0.29, 0.717) is 30.0 Å². The molecule has 0 unspecified atom stereocenters. The SMILES string of the molecule is O=C1C[C@@H](O)[C@@H](O)[C@H]2[C@@H]3C(=O)N(c4cccc(Oc5ccccc5)c4)C(=O)[C@@H]3CC[C@H]12. The molecule has 7 nitrogen and oxygen atoms in total. The summed E-state index contributed by atoms with van der Waals surface area (Å²) in [6, 6.07) is 15.9. The van der Waals surface area contributed by atoms with E-state index in [-0.39, 0.29) is 18.1 Å². The van der Waals surface area contributed by atoms with E-state index < -0.39 is 41.8 Å². The largest absolute Gasteiger partial charge is 0.457 e. The Balaban J connectivity index is 1.46. The molecule has 3 aliphatic rings. The molecule has 2 aliphatic carbocycles. The number of carbonyl (C=O) groups is 3. The average molecular weight is 421 g/mol. The number of amides is 2. The highest BCUT2D eigenvalue weighted by Crippen LogP contribution is 2.50. The second-order valence-corrected chi connectivity index (χ2v) is 8.55. The molecule has 0 spiro atoms. The first-order valence-corrected chi connectivity index (χ1v) is 10.6. The first kappa shape index (κ1) is 19.9. The predicted molar refractivity (Wildman–Crippen MR) is 110 cm³/mol.